The van der Waals surface area contributed by atoms with Gasteiger partial charge in [0.15, 0.2) is 0 Å². The normalized spacial score (nSPS) is 10.1. The van der Waals surface area contributed by atoms with Crippen LogP contribution >= 0.6 is 0 Å². The lowest BCUT2D eigenvalue weighted by atomic mass is 10.2. The van der Waals surface area contributed by atoms with Crippen LogP contribution in [0.2, 0.25) is 0 Å². The van der Waals surface area contributed by atoms with Crippen LogP contribution in [0.1, 0.15) is 11.3 Å². The van der Waals surface area contributed by atoms with Gasteiger partial charge in [0.2, 0.25) is 11.8 Å². The Labute approximate surface area is 91.8 Å². The summed E-state index contributed by atoms with van der Waals surface area (Å²) in [6.07, 6.45) is 0. The van der Waals surface area contributed by atoms with Crippen LogP contribution < -0.4 is 10.1 Å². The molecule has 1 aromatic heterocycles. The SMILES string of the molecule is Cc1c(NN=O)on[n+]1Cc1ccccc1. The van der Waals surface area contributed by atoms with Gasteiger partial charge in [-0.15, -0.1) is 4.91 Å². The van der Waals surface area contributed by atoms with E-state index in [0.29, 0.717) is 6.54 Å². The molecule has 0 saturated carbocycles. The zero-order chi connectivity index (χ0) is 11.4. The lowest BCUT2D eigenvalue weighted by Gasteiger charge is -1.92. The number of nitroso groups, excluding NO2 is 1. The van der Waals surface area contributed by atoms with E-state index in [-0.39, 0.29) is 5.88 Å². The van der Waals surface area contributed by atoms with Gasteiger partial charge in [0.25, 0.3) is 5.69 Å². The van der Waals surface area contributed by atoms with E-state index in [0.717, 1.165) is 11.3 Å². The first-order chi connectivity index (χ1) is 7.81. The molecule has 0 atom stereocenters. The average molecular weight is 219 g/mol. The molecule has 16 heavy (non-hydrogen) atoms. The molecule has 0 aliphatic heterocycles. The first-order valence-electron chi connectivity index (χ1n) is 4.80. The molecule has 82 valence electrons. The predicted molar refractivity (Wildman–Crippen MR) is 56.4 cm³/mol. The molecule has 0 fully saturated rings. The maximum atomic E-state index is 10.0. The maximum Gasteiger partial charge on any atom is 0.321 e. The van der Waals surface area contributed by atoms with E-state index in [2.05, 4.69) is 16.0 Å². The molecule has 0 bridgehead atoms. The molecule has 0 aliphatic carbocycles. The summed E-state index contributed by atoms with van der Waals surface area (Å²) in [5.41, 5.74) is 4.03. The van der Waals surface area contributed by atoms with Crippen molar-refractivity contribution in [3.05, 3.63) is 46.5 Å². The number of rotatable bonds is 4. The van der Waals surface area contributed by atoms with Gasteiger partial charge in [0, 0.05) is 12.5 Å². The van der Waals surface area contributed by atoms with Crippen LogP contribution in [-0.2, 0) is 6.54 Å². The van der Waals surface area contributed by atoms with Crippen LogP contribution in [0.25, 0.3) is 0 Å². The molecular weight excluding hydrogens is 208 g/mol. The Bertz CT molecular complexity index is 481. The molecule has 0 saturated heterocycles. The van der Waals surface area contributed by atoms with Crippen molar-refractivity contribution in [2.24, 2.45) is 5.29 Å². The Balaban J connectivity index is 2.19. The van der Waals surface area contributed by atoms with Crippen LogP contribution in [0.4, 0.5) is 5.88 Å². The van der Waals surface area contributed by atoms with E-state index < -0.39 is 0 Å². The second-order valence-corrected chi connectivity index (χ2v) is 3.33. The molecule has 0 unspecified atom stereocenters. The van der Waals surface area contributed by atoms with Crippen LogP contribution in [0.15, 0.2) is 40.1 Å². The Morgan fingerprint density at radius 1 is 1.44 bits per heavy atom. The van der Waals surface area contributed by atoms with Gasteiger partial charge < -0.3 is 0 Å². The fourth-order valence-electron chi connectivity index (χ4n) is 1.38. The minimum atomic E-state index is 0.269. The van der Waals surface area contributed by atoms with Crippen LogP contribution in [-0.4, -0.2) is 5.27 Å². The smallest absolute Gasteiger partial charge is 0.280 e. The van der Waals surface area contributed by atoms with Gasteiger partial charge in [-0.3, -0.25) is 4.52 Å². The molecule has 2 rings (SSSR count). The summed E-state index contributed by atoms with van der Waals surface area (Å²) in [5, 5.41) is 6.35. The maximum absolute atomic E-state index is 10.0. The predicted octanol–water partition coefficient (Wildman–Crippen LogP) is 1.41. The van der Waals surface area contributed by atoms with Gasteiger partial charge in [-0.2, -0.15) is 0 Å². The highest BCUT2D eigenvalue weighted by molar-refractivity contribution is 5.29. The minimum Gasteiger partial charge on any atom is -0.280 e. The van der Waals surface area contributed by atoms with Crippen molar-refractivity contribution in [1.29, 1.82) is 0 Å². The molecule has 0 aliphatic rings. The molecular formula is C10H11N4O2+. The average Bonchev–Trinajstić information content (AvgIpc) is 2.64. The summed E-state index contributed by atoms with van der Waals surface area (Å²) in [7, 11) is 0. The zero-order valence-corrected chi connectivity index (χ0v) is 8.75. The molecule has 2 aromatic rings. The van der Waals surface area contributed by atoms with Crippen LogP contribution in [0.5, 0.6) is 0 Å². The minimum absolute atomic E-state index is 0.269. The summed E-state index contributed by atoms with van der Waals surface area (Å²) < 4.78 is 6.57. The Hall–Kier alpha value is -2.24. The van der Waals surface area contributed by atoms with E-state index >= 15 is 0 Å². The number of hydrogen-bond donors (Lipinski definition) is 1. The second kappa shape index (κ2) is 4.52. The van der Waals surface area contributed by atoms with Crippen molar-refractivity contribution in [2.45, 2.75) is 13.5 Å². The van der Waals surface area contributed by atoms with Crippen molar-refractivity contribution >= 4 is 5.88 Å². The van der Waals surface area contributed by atoms with Crippen molar-refractivity contribution in [1.82, 2.24) is 5.27 Å². The van der Waals surface area contributed by atoms with E-state index in [4.69, 9.17) is 4.52 Å². The Morgan fingerprint density at radius 2 is 2.19 bits per heavy atom. The summed E-state index contributed by atoms with van der Waals surface area (Å²) >= 11 is 0. The van der Waals surface area contributed by atoms with Crippen LogP contribution in [0.3, 0.4) is 0 Å². The third-order valence-corrected chi connectivity index (χ3v) is 2.27. The van der Waals surface area contributed by atoms with E-state index in [9.17, 15) is 4.91 Å². The van der Waals surface area contributed by atoms with Crippen LogP contribution in [0, 0.1) is 11.8 Å². The number of benzene rings is 1. The zero-order valence-electron chi connectivity index (χ0n) is 8.75. The van der Waals surface area contributed by atoms with Crippen molar-refractivity contribution in [3.8, 4) is 0 Å². The van der Waals surface area contributed by atoms with Gasteiger partial charge in [-0.05, 0) is 4.68 Å². The lowest BCUT2D eigenvalue weighted by molar-refractivity contribution is -0.759. The summed E-state index contributed by atoms with van der Waals surface area (Å²) in [5.74, 6) is 0.269. The van der Waals surface area contributed by atoms with Gasteiger partial charge in [-0.25, -0.2) is 5.43 Å². The standard InChI is InChI=1S/C10H10N4O2/c1-8-10(11-12-15)16-13-14(8)7-9-5-3-2-4-6-9/h2-6H,7H2,1H3/p+1. The topological polar surface area (TPSA) is 71.4 Å². The highest BCUT2D eigenvalue weighted by Crippen LogP contribution is 2.08. The van der Waals surface area contributed by atoms with Crippen molar-refractivity contribution in [2.75, 3.05) is 5.43 Å². The van der Waals surface area contributed by atoms with Gasteiger partial charge in [0.05, 0.1) is 5.29 Å². The monoisotopic (exact) mass is 219 g/mol. The first-order valence-corrected chi connectivity index (χ1v) is 4.80. The summed E-state index contributed by atoms with van der Waals surface area (Å²) in [6, 6.07) is 9.85. The number of hydrogen-bond acceptors (Lipinski definition) is 4. The molecule has 0 spiro atoms. The Kier molecular flexibility index (Phi) is 2.90. The fraction of sp³-hybridized carbons (Fsp3) is 0.200. The Morgan fingerprint density at radius 3 is 2.88 bits per heavy atom. The summed E-state index contributed by atoms with van der Waals surface area (Å²) in [4.78, 5) is 10.0. The highest BCUT2D eigenvalue weighted by Gasteiger charge is 2.20. The van der Waals surface area contributed by atoms with E-state index in [1.807, 2.05) is 30.3 Å². The largest absolute Gasteiger partial charge is 0.321 e. The quantitative estimate of drug-likeness (QED) is 0.479. The third-order valence-electron chi connectivity index (χ3n) is 2.27. The molecule has 6 heteroatoms. The van der Waals surface area contributed by atoms with Crippen molar-refractivity contribution in [3.63, 3.8) is 0 Å². The number of nitrogens with zero attached hydrogens (tertiary/aromatic N) is 3. The number of aromatic nitrogens is 2. The first kappa shape index (κ1) is 10.3. The van der Waals surface area contributed by atoms with Gasteiger partial charge in [0.1, 0.15) is 0 Å². The molecule has 6 nitrogen and oxygen atoms in total. The lowest BCUT2D eigenvalue weighted by Crippen LogP contribution is -2.38. The van der Waals surface area contributed by atoms with E-state index in [1.165, 1.54) is 0 Å². The highest BCUT2D eigenvalue weighted by atomic mass is 16.5. The van der Waals surface area contributed by atoms with Crippen molar-refractivity contribution < 1.29 is 9.20 Å². The van der Waals surface area contributed by atoms with Gasteiger partial charge in [-0.1, -0.05) is 30.3 Å². The molecule has 1 aromatic carbocycles. The molecule has 0 amide bonds. The van der Waals surface area contributed by atoms with Gasteiger partial charge >= 0.3 is 5.88 Å². The fourth-order valence-corrected chi connectivity index (χ4v) is 1.38. The molecule has 0 radical (unpaired) electrons. The van der Waals surface area contributed by atoms with E-state index in [1.54, 1.807) is 11.6 Å². The third kappa shape index (κ3) is 2.05. The summed E-state index contributed by atoms with van der Waals surface area (Å²) in [6.45, 7) is 2.39. The second-order valence-electron chi connectivity index (χ2n) is 3.33. The molecule has 1 N–H and O–H groups in total. The molecule has 1 heterocycles. The number of anilines is 1. The number of nitrogens with one attached hydrogen (secondary N) is 1.